The van der Waals surface area contributed by atoms with Crippen LogP contribution in [-0.4, -0.2) is 45.9 Å². The fourth-order valence-electron chi connectivity index (χ4n) is 2.97. The minimum Gasteiger partial charge on any atom is -0.493 e. The number of carbonyl (C=O) groups excluding carboxylic acids is 2. The maximum Gasteiger partial charge on any atom is 0.331 e. The maximum absolute atomic E-state index is 12.5. The molecule has 3 rings (SSSR count). The smallest absolute Gasteiger partial charge is 0.331 e. The first-order valence-corrected chi connectivity index (χ1v) is 9.12. The second-order valence-corrected chi connectivity index (χ2v) is 6.42. The van der Waals surface area contributed by atoms with Crippen molar-refractivity contribution >= 4 is 23.6 Å². The highest BCUT2D eigenvalue weighted by atomic mass is 16.5. The van der Waals surface area contributed by atoms with Crippen LogP contribution >= 0.6 is 0 Å². The van der Waals surface area contributed by atoms with Gasteiger partial charge in [-0.1, -0.05) is 12.1 Å². The largest absolute Gasteiger partial charge is 0.493 e. The van der Waals surface area contributed by atoms with Crippen molar-refractivity contribution in [2.24, 2.45) is 0 Å². The molecule has 2 aromatic rings. The third-order valence-electron chi connectivity index (χ3n) is 4.44. The van der Waals surface area contributed by atoms with E-state index in [4.69, 9.17) is 18.9 Å². The summed E-state index contributed by atoms with van der Waals surface area (Å²) in [4.78, 5) is 26.1. The van der Waals surface area contributed by atoms with Gasteiger partial charge in [-0.2, -0.15) is 0 Å². The van der Waals surface area contributed by atoms with Gasteiger partial charge in [0.05, 0.1) is 26.5 Å². The highest BCUT2D eigenvalue weighted by Crippen LogP contribution is 2.32. The Kier molecular flexibility index (Phi) is 6.39. The average Bonchev–Trinajstić information content (AvgIpc) is 2.75. The van der Waals surface area contributed by atoms with E-state index in [0.29, 0.717) is 36.1 Å². The van der Waals surface area contributed by atoms with Crippen molar-refractivity contribution in [3.63, 3.8) is 0 Å². The van der Waals surface area contributed by atoms with Crippen molar-refractivity contribution in [2.45, 2.75) is 6.92 Å². The lowest BCUT2D eigenvalue weighted by molar-refractivity contribution is -0.143. The Hall–Kier alpha value is -3.48. The number of rotatable bonds is 6. The van der Waals surface area contributed by atoms with Crippen molar-refractivity contribution in [1.29, 1.82) is 0 Å². The summed E-state index contributed by atoms with van der Waals surface area (Å²) in [7, 11) is 3.09. The summed E-state index contributed by atoms with van der Waals surface area (Å²) in [6, 6.07) is 10.9. The molecule has 0 N–H and O–H groups in total. The summed E-state index contributed by atoms with van der Waals surface area (Å²) < 4.78 is 21.1. The molecule has 0 unspecified atom stereocenters. The standard InChI is InChI=1S/C22H23NO6/c1-15-4-7-18-17(12-15)23(10-11-28-18)21(24)14-29-22(25)9-6-16-5-8-19(26-2)20(13-16)27-3/h4-9,12-13H,10-11,14H2,1-3H3/b9-6+. The van der Waals surface area contributed by atoms with Crippen LogP contribution in [0.1, 0.15) is 11.1 Å². The van der Waals surface area contributed by atoms with Crippen LogP contribution in [0.25, 0.3) is 6.08 Å². The molecular formula is C22H23NO6. The van der Waals surface area contributed by atoms with Gasteiger partial charge >= 0.3 is 5.97 Å². The summed E-state index contributed by atoms with van der Waals surface area (Å²) in [6.07, 6.45) is 2.86. The van der Waals surface area contributed by atoms with E-state index in [9.17, 15) is 9.59 Å². The van der Waals surface area contributed by atoms with Crippen molar-refractivity contribution in [3.8, 4) is 17.2 Å². The van der Waals surface area contributed by atoms with E-state index >= 15 is 0 Å². The monoisotopic (exact) mass is 397 g/mol. The SMILES string of the molecule is COc1ccc(/C=C/C(=O)OCC(=O)N2CCOc3ccc(C)cc32)cc1OC. The molecule has 0 bridgehead atoms. The molecule has 0 saturated carbocycles. The zero-order chi connectivity index (χ0) is 20.8. The van der Waals surface area contributed by atoms with Gasteiger partial charge in [0, 0.05) is 6.08 Å². The first kappa shape index (κ1) is 20.3. The van der Waals surface area contributed by atoms with E-state index in [1.807, 2.05) is 25.1 Å². The van der Waals surface area contributed by atoms with Crippen LogP contribution < -0.4 is 19.1 Å². The molecule has 0 spiro atoms. The minimum atomic E-state index is -0.606. The van der Waals surface area contributed by atoms with Crippen LogP contribution in [0.2, 0.25) is 0 Å². The van der Waals surface area contributed by atoms with Crippen LogP contribution in [0.5, 0.6) is 17.2 Å². The molecule has 7 heteroatoms. The first-order chi connectivity index (χ1) is 14.0. The number of nitrogens with zero attached hydrogens (tertiary/aromatic N) is 1. The van der Waals surface area contributed by atoms with Gasteiger partial charge in [-0.05, 0) is 48.4 Å². The molecular weight excluding hydrogens is 374 g/mol. The van der Waals surface area contributed by atoms with E-state index in [2.05, 4.69) is 0 Å². The van der Waals surface area contributed by atoms with Crippen molar-refractivity contribution in [3.05, 3.63) is 53.6 Å². The summed E-state index contributed by atoms with van der Waals surface area (Å²) in [5, 5.41) is 0. The lowest BCUT2D eigenvalue weighted by Crippen LogP contribution is -2.40. The molecule has 152 valence electrons. The topological polar surface area (TPSA) is 74.3 Å². The van der Waals surface area contributed by atoms with Gasteiger partial charge in [-0.15, -0.1) is 0 Å². The number of amides is 1. The van der Waals surface area contributed by atoms with Gasteiger partial charge in [-0.3, -0.25) is 4.79 Å². The quantitative estimate of drug-likeness (QED) is 0.551. The van der Waals surface area contributed by atoms with Gasteiger partial charge in [0.2, 0.25) is 0 Å². The number of anilines is 1. The Morgan fingerprint density at radius 1 is 1.10 bits per heavy atom. The Morgan fingerprint density at radius 2 is 1.90 bits per heavy atom. The lowest BCUT2D eigenvalue weighted by Gasteiger charge is -2.29. The Bertz CT molecular complexity index is 937. The number of aryl methyl sites for hydroxylation is 1. The van der Waals surface area contributed by atoms with Crippen molar-refractivity contribution < 1.29 is 28.5 Å². The Morgan fingerprint density at radius 3 is 2.66 bits per heavy atom. The second-order valence-electron chi connectivity index (χ2n) is 6.42. The third kappa shape index (κ3) is 4.87. The summed E-state index contributed by atoms with van der Waals surface area (Å²) in [5.74, 6) is 0.895. The van der Waals surface area contributed by atoms with Crippen LogP contribution in [0.4, 0.5) is 5.69 Å². The van der Waals surface area contributed by atoms with Gasteiger partial charge in [0.1, 0.15) is 12.4 Å². The zero-order valence-corrected chi connectivity index (χ0v) is 16.6. The van der Waals surface area contributed by atoms with E-state index in [1.54, 1.807) is 36.3 Å². The van der Waals surface area contributed by atoms with Crippen LogP contribution in [0.3, 0.4) is 0 Å². The number of hydrogen-bond acceptors (Lipinski definition) is 6. The average molecular weight is 397 g/mol. The van der Waals surface area contributed by atoms with Gasteiger partial charge in [-0.25, -0.2) is 4.79 Å². The molecule has 0 radical (unpaired) electrons. The highest BCUT2D eigenvalue weighted by Gasteiger charge is 2.24. The zero-order valence-electron chi connectivity index (χ0n) is 16.6. The van der Waals surface area contributed by atoms with E-state index in [-0.39, 0.29) is 12.5 Å². The van der Waals surface area contributed by atoms with E-state index in [1.165, 1.54) is 13.2 Å². The molecule has 1 aliphatic heterocycles. The second kappa shape index (κ2) is 9.14. The number of hydrogen-bond donors (Lipinski definition) is 0. The lowest BCUT2D eigenvalue weighted by atomic mass is 10.1. The fraction of sp³-hybridized carbons (Fsp3) is 0.273. The van der Waals surface area contributed by atoms with E-state index < -0.39 is 5.97 Å². The molecule has 0 aliphatic carbocycles. The molecule has 1 heterocycles. The molecule has 0 atom stereocenters. The number of fused-ring (bicyclic) bond motifs is 1. The van der Waals surface area contributed by atoms with Crippen LogP contribution in [0, 0.1) is 6.92 Å². The van der Waals surface area contributed by atoms with Gasteiger partial charge < -0.3 is 23.8 Å². The molecule has 0 fully saturated rings. The van der Waals surface area contributed by atoms with Gasteiger partial charge in [0.25, 0.3) is 5.91 Å². The predicted octanol–water partition coefficient (Wildman–Crippen LogP) is 2.99. The molecule has 1 amide bonds. The summed E-state index contributed by atoms with van der Waals surface area (Å²) in [6.45, 7) is 2.41. The minimum absolute atomic E-state index is 0.298. The molecule has 2 aromatic carbocycles. The number of benzene rings is 2. The number of methoxy groups -OCH3 is 2. The molecule has 0 saturated heterocycles. The van der Waals surface area contributed by atoms with Gasteiger partial charge in [0.15, 0.2) is 18.1 Å². The number of ether oxygens (including phenoxy) is 4. The van der Waals surface area contributed by atoms with E-state index in [0.717, 1.165) is 11.1 Å². The maximum atomic E-state index is 12.5. The van der Waals surface area contributed by atoms with Crippen molar-refractivity contribution in [1.82, 2.24) is 0 Å². The number of esters is 1. The third-order valence-corrected chi connectivity index (χ3v) is 4.44. The van der Waals surface area contributed by atoms with Crippen molar-refractivity contribution in [2.75, 3.05) is 38.9 Å². The fourth-order valence-corrected chi connectivity index (χ4v) is 2.97. The predicted molar refractivity (Wildman–Crippen MR) is 109 cm³/mol. The summed E-state index contributed by atoms with van der Waals surface area (Å²) >= 11 is 0. The van der Waals surface area contributed by atoms with Crippen LogP contribution in [-0.2, 0) is 14.3 Å². The Labute approximate surface area is 169 Å². The molecule has 7 nitrogen and oxygen atoms in total. The molecule has 29 heavy (non-hydrogen) atoms. The van der Waals surface area contributed by atoms with Crippen LogP contribution in [0.15, 0.2) is 42.5 Å². The Balaban J connectivity index is 1.59. The molecule has 1 aliphatic rings. The first-order valence-electron chi connectivity index (χ1n) is 9.12. The number of carbonyl (C=O) groups is 2. The summed E-state index contributed by atoms with van der Waals surface area (Å²) in [5.41, 5.74) is 2.45. The highest BCUT2D eigenvalue weighted by molar-refractivity contribution is 5.98. The normalized spacial score (nSPS) is 12.9. The molecule has 0 aromatic heterocycles.